The number of rotatable bonds is 7. The van der Waals surface area contributed by atoms with Gasteiger partial charge in [-0.2, -0.15) is 4.31 Å². The Labute approximate surface area is 118 Å². The Morgan fingerprint density at radius 3 is 2.70 bits per heavy atom. The summed E-state index contributed by atoms with van der Waals surface area (Å²) in [5.74, 6) is -0.636. The van der Waals surface area contributed by atoms with Gasteiger partial charge in [-0.15, -0.1) is 0 Å². The largest absolute Gasteiger partial charge is 0.392 e. The maximum Gasteiger partial charge on any atom is 0.243 e. The SMILES string of the molecule is COCCN(C1CC1)S(=O)(=O)c1cc(F)ccc1CO. The van der Waals surface area contributed by atoms with Crippen LogP contribution in [0.25, 0.3) is 0 Å². The number of methoxy groups -OCH3 is 1. The number of benzene rings is 1. The van der Waals surface area contributed by atoms with Crippen LogP contribution in [0.2, 0.25) is 0 Å². The highest BCUT2D eigenvalue weighted by molar-refractivity contribution is 7.89. The van der Waals surface area contributed by atoms with Gasteiger partial charge in [-0.1, -0.05) is 6.07 Å². The summed E-state index contributed by atoms with van der Waals surface area (Å²) in [4.78, 5) is -0.164. The molecule has 0 unspecified atom stereocenters. The number of sulfonamides is 1. The predicted octanol–water partition coefficient (Wildman–Crippen LogP) is 1.12. The lowest BCUT2D eigenvalue weighted by atomic mass is 10.2. The van der Waals surface area contributed by atoms with E-state index in [1.54, 1.807) is 0 Å². The van der Waals surface area contributed by atoms with Crippen LogP contribution in [0.15, 0.2) is 23.1 Å². The first-order valence-corrected chi connectivity index (χ1v) is 7.84. The van der Waals surface area contributed by atoms with Crippen LogP contribution in [-0.4, -0.2) is 44.1 Å². The molecule has 7 heteroatoms. The van der Waals surface area contributed by atoms with Crippen molar-refractivity contribution in [2.45, 2.75) is 30.4 Å². The summed E-state index contributed by atoms with van der Waals surface area (Å²) in [5.41, 5.74) is 0.203. The summed E-state index contributed by atoms with van der Waals surface area (Å²) in [7, 11) is -2.32. The molecule has 0 atom stereocenters. The second-order valence-electron chi connectivity index (χ2n) is 4.75. The standard InChI is InChI=1S/C13H18FNO4S/c1-19-7-6-15(12-4-5-12)20(17,18)13-8-11(14)3-2-10(13)9-16/h2-3,8,12,16H,4-7,9H2,1H3. The number of nitrogens with zero attached hydrogens (tertiary/aromatic N) is 1. The van der Waals surface area contributed by atoms with Gasteiger partial charge in [-0.05, 0) is 30.5 Å². The first kappa shape index (κ1) is 15.4. The fourth-order valence-corrected chi connectivity index (χ4v) is 3.96. The minimum absolute atomic E-state index is 0.0510. The van der Waals surface area contributed by atoms with Gasteiger partial charge >= 0.3 is 0 Å². The minimum atomic E-state index is -3.82. The van der Waals surface area contributed by atoms with Gasteiger partial charge in [0.05, 0.1) is 18.1 Å². The molecule has 1 N–H and O–H groups in total. The molecule has 112 valence electrons. The summed E-state index contributed by atoms with van der Waals surface area (Å²) in [6, 6.07) is 3.35. The van der Waals surface area contributed by atoms with Crippen molar-refractivity contribution >= 4 is 10.0 Å². The highest BCUT2D eigenvalue weighted by atomic mass is 32.2. The monoisotopic (exact) mass is 303 g/mol. The molecule has 1 saturated carbocycles. The van der Waals surface area contributed by atoms with Gasteiger partial charge in [-0.25, -0.2) is 12.8 Å². The topological polar surface area (TPSA) is 66.8 Å². The molecule has 0 aromatic heterocycles. The highest BCUT2D eigenvalue weighted by Gasteiger charge is 2.38. The number of hydrogen-bond acceptors (Lipinski definition) is 4. The Kier molecular flexibility index (Phi) is 4.74. The third kappa shape index (κ3) is 3.17. The van der Waals surface area contributed by atoms with Crippen LogP contribution in [0.1, 0.15) is 18.4 Å². The first-order valence-electron chi connectivity index (χ1n) is 6.40. The van der Waals surface area contributed by atoms with E-state index in [1.165, 1.54) is 17.5 Å². The molecular formula is C13H18FNO4S. The van der Waals surface area contributed by atoms with Crippen LogP contribution in [0.5, 0.6) is 0 Å². The van der Waals surface area contributed by atoms with E-state index >= 15 is 0 Å². The first-order chi connectivity index (χ1) is 9.50. The fraction of sp³-hybridized carbons (Fsp3) is 0.538. The molecule has 2 rings (SSSR count). The Morgan fingerprint density at radius 2 is 2.15 bits per heavy atom. The zero-order valence-corrected chi connectivity index (χ0v) is 12.1. The van der Waals surface area contributed by atoms with E-state index in [-0.39, 0.29) is 29.7 Å². The quantitative estimate of drug-likeness (QED) is 0.819. The molecule has 0 heterocycles. The fourth-order valence-electron chi connectivity index (χ4n) is 2.07. The summed E-state index contributed by atoms with van der Waals surface area (Å²) in [6.45, 7) is 0.0576. The molecular weight excluding hydrogens is 285 g/mol. The number of hydrogen-bond donors (Lipinski definition) is 1. The van der Waals surface area contributed by atoms with Crippen molar-refractivity contribution in [2.75, 3.05) is 20.3 Å². The highest BCUT2D eigenvalue weighted by Crippen LogP contribution is 2.33. The Hall–Kier alpha value is -1.02. The van der Waals surface area contributed by atoms with Gasteiger partial charge in [-0.3, -0.25) is 0 Å². The van der Waals surface area contributed by atoms with Crippen LogP contribution < -0.4 is 0 Å². The summed E-state index contributed by atoms with van der Waals surface area (Å²) >= 11 is 0. The molecule has 1 aliphatic carbocycles. The molecule has 0 bridgehead atoms. The van der Waals surface area contributed by atoms with Crippen molar-refractivity contribution in [3.8, 4) is 0 Å². The molecule has 20 heavy (non-hydrogen) atoms. The maximum atomic E-state index is 13.4. The van der Waals surface area contributed by atoms with Crippen molar-refractivity contribution in [2.24, 2.45) is 0 Å². The van der Waals surface area contributed by atoms with Gasteiger partial charge in [0.25, 0.3) is 0 Å². The van der Waals surface area contributed by atoms with E-state index in [1.807, 2.05) is 0 Å². The Morgan fingerprint density at radius 1 is 1.45 bits per heavy atom. The van der Waals surface area contributed by atoms with Crippen molar-refractivity contribution in [3.63, 3.8) is 0 Å². The van der Waals surface area contributed by atoms with E-state index < -0.39 is 22.4 Å². The van der Waals surface area contributed by atoms with Crippen molar-refractivity contribution in [1.29, 1.82) is 0 Å². The zero-order valence-electron chi connectivity index (χ0n) is 11.3. The lowest BCUT2D eigenvalue weighted by Crippen LogP contribution is -2.36. The Bertz CT molecular complexity index is 572. The molecule has 0 amide bonds. The van der Waals surface area contributed by atoms with Crippen LogP contribution in [0.3, 0.4) is 0 Å². The normalized spacial score (nSPS) is 15.8. The van der Waals surface area contributed by atoms with Gasteiger partial charge in [0.2, 0.25) is 10.0 Å². The molecule has 0 spiro atoms. The third-order valence-electron chi connectivity index (χ3n) is 3.26. The lowest BCUT2D eigenvalue weighted by molar-refractivity contribution is 0.177. The van der Waals surface area contributed by atoms with E-state index in [0.717, 1.165) is 25.0 Å². The molecule has 0 saturated heterocycles. The van der Waals surface area contributed by atoms with E-state index in [2.05, 4.69) is 0 Å². The second kappa shape index (κ2) is 6.17. The number of aliphatic hydroxyl groups is 1. The number of aliphatic hydroxyl groups excluding tert-OH is 1. The minimum Gasteiger partial charge on any atom is -0.392 e. The Balaban J connectivity index is 2.39. The van der Waals surface area contributed by atoms with Gasteiger partial charge < -0.3 is 9.84 Å². The molecule has 0 radical (unpaired) electrons. The summed E-state index contributed by atoms with van der Waals surface area (Å²) in [6.07, 6.45) is 1.60. The van der Waals surface area contributed by atoms with Crippen LogP contribution in [0, 0.1) is 5.82 Å². The van der Waals surface area contributed by atoms with E-state index in [0.29, 0.717) is 0 Å². The van der Waals surface area contributed by atoms with E-state index in [4.69, 9.17) is 4.74 Å². The van der Waals surface area contributed by atoms with Gasteiger partial charge in [0, 0.05) is 19.7 Å². The maximum absolute atomic E-state index is 13.4. The smallest absolute Gasteiger partial charge is 0.243 e. The molecule has 1 aromatic rings. The van der Waals surface area contributed by atoms with Crippen LogP contribution >= 0.6 is 0 Å². The predicted molar refractivity (Wildman–Crippen MR) is 71.1 cm³/mol. The number of ether oxygens (including phenoxy) is 1. The third-order valence-corrected chi connectivity index (χ3v) is 5.29. The van der Waals surface area contributed by atoms with Crippen LogP contribution in [0.4, 0.5) is 4.39 Å². The number of halogens is 1. The average molecular weight is 303 g/mol. The summed E-state index contributed by atoms with van der Waals surface area (Å²) in [5, 5.41) is 9.25. The summed E-state index contributed by atoms with van der Waals surface area (Å²) < 4.78 is 44.9. The van der Waals surface area contributed by atoms with Crippen LogP contribution in [-0.2, 0) is 21.4 Å². The van der Waals surface area contributed by atoms with Gasteiger partial charge in [0.15, 0.2) is 0 Å². The molecule has 0 aliphatic heterocycles. The van der Waals surface area contributed by atoms with Crippen molar-refractivity contribution in [3.05, 3.63) is 29.6 Å². The van der Waals surface area contributed by atoms with Crippen molar-refractivity contribution in [1.82, 2.24) is 4.31 Å². The molecule has 1 aromatic carbocycles. The second-order valence-corrected chi connectivity index (χ2v) is 6.61. The zero-order chi connectivity index (χ0) is 14.8. The average Bonchev–Trinajstić information content (AvgIpc) is 3.23. The molecule has 1 aliphatic rings. The molecule has 5 nitrogen and oxygen atoms in total. The lowest BCUT2D eigenvalue weighted by Gasteiger charge is -2.22. The molecule has 1 fully saturated rings. The van der Waals surface area contributed by atoms with Crippen molar-refractivity contribution < 1.29 is 22.7 Å². The van der Waals surface area contributed by atoms with E-state index in [9.17, 15) is 17.9 Å². The van der Waals surface area contributed by atoms with Gasteiger partial charge in [0.1, 0.15) is 5.82 Å².